The minimum atomic E-state index is -0.444. The average Bonchev–Trinajstić information content (AvgIpc) is 2.61. The van der Waals surface area contributed by atoms with Crippen molar-refractivity contribution in [2.45, 2.75) is 59.6 Å². The Labute approximate surface area is 111 Å². The number of hydrogen-bond acceptors (Lipinski definition) is 3. The molecule has 1 amide bonds. The zero-order chi connectivity index (χ0) is 14.0. The lowest BCUT2D eigenvalue weighted by Gasteiger charge is -2.36. The van der Waals surface area contributed by atoms with E-state index in [1.807, 2.05) is 20.8 Å². The molecule has 0 saturated carbocycles. The summed E-state index contributed by atoms with van der Waals surface area (Å²) in [6.45, 7) is 14.1. The van der Waals surface area contributed by atoms with Crippen LogP contribution in [0.5, 0.6) is 0 Å². The Bertz CT molecular complexity index is 283. The smallest absolute Gasteiger partial charge is 0.407 e. The summed E-state index contributed by atoms with van der Waals surface area (Å²) in [4.78, 5) is 11.9. The topological polar surface area (TPSA) is 50.4 Å². The number of ether oxygens (including phenoxy) is 1. The predicted molar refractivity (Wildman–Crippen MR) is 73.6 cm³/mol. The van der Waals surface area contributed by atoms with Crippen molar-refractivity contribution in [3.8, 4) is 0 Å². The standard InChI is InChI=1S/C14H28N2O2/c1-13(2,3)11(10-7-8-15-9-10)16-12(17)18-14(4,5)6/h10-11,15H,7-9H2,1-6H3,(H,16,17). The monoisotopic (exact) mass is 256 g/mol. The highest BCUT2D eigenvalue weighted by Crippen LogP contribution is 2.29. The van der Waals surface area contributed by atoms with Crippen molar-refractivity contribution in [3.05, 3.63) is 0 Å². The zero-order valence-electron chi connectivity index (χ0n) is 12.6. The summed E-state index contributed by atoms with van der Waals surface area (Å²) in [7, 11) is 0. The molecule has 1 rings (SSSR count). The van der Waals surface area contributed by atoms with Gasteiger partial charge in [0.15, 0.2) is 0 Å². The van der Waals surface area contributed by atoms with Crippen molar-refractivity contribution in [1.29, 1.82) is 0 Å². The van der Waals surface area contributed by atoms with Crippen molar-refractivity contribution in [2.75, 3.05) is 13.1 Å². The SMILES string of the molecule is CC(C)(C)OC(=O)NC(C1CCNC1)C(C)(C)C. The number of carbonyl (C=O) groups is 1. The van der Waals surface area contributed by atoms with Crippen molar-refractivity contribution >= 4 is 6.09 Å². The van der Waals surface area contributed by atoms with E-state index < -0.39 is 5.60 Å². The first-order valence-electron chi connectivity index (χ1n) is 6.80. The molecule has 4 nitrogen and oxygen atoms in total. The third-order valence-electron chi connectivity index (χ3n) is 3.18. The van der Waals surface area contributed by atoms with Gasteiger partial charge in [-0.25, -0.2) is 4.79 Å². The quantitative estimate of drug-likeness (QED) is 0.798. The normalized spacial score (nSPS) is 22.7. The molecule has 0 aromatic carbocycles. The Morgan fingerprint density at radius 3 is 2.28 bits per heavy atom. The first-order valence-corrected chi connectivity index (χ1v) is 6.80. The summed E-state index contributed by atoms with van der Waals surface area (Å²) in [6.07, 6.45) is 0.798. The van der Waals surface area contributed by atoms with Gasteiger partial charge in [-0.2, -0.15) is 0 Å². The van der Waals surface area contributed by atoms with Crippen LogP contribution in [0.4, 0.5) is 4.79 Å². The van der Waals surface area contributed by atoms with E-state index in [1.54, 1.807) is 0 Å². The molecule has 1 aliphatic heterocycles. The largest absolute Gasteiger partial charge is 0.444 e. The van der Waals surface area contributed by atoms with Crippen molar-refractivity contribution in [1.82, 2.24) is 10.6 Å². The fraction of sp³-hybridized carbons (Fsp3) is 0.929. The maximum atomic E-state index is 11.9. The van der Waals surface area contributed by atoms with Crippen molar-refractivity contribution in [3.63, 3.8) is 0 Å². The van der Waals surface area contributed by atoms with E-state index in [4.69, 9.17) is 4.74 Å². The summed E-state index contributed by atoms with van der Waals surface area (Å²) < 4.78 is 5.35. The maximum Gasteiger partial charge on any atom is 0.407 e. The maximum absolute atomic E-state index is 11.9. The van der Waals surface area contributed by atoms with Crippen LogP contribution in [0.25, 0.3) is 0 Å². The molecule has 0 aromatic heterocycles. The van der Waals surface area contributed by atoms with Gasteiger partial charge >= 0.3 is 6.09 Å². The van der Waals surface area contributed by atoms with E-state index in [2.05, 4.69) is 31.4 Å². The van der Waals surface area contributed by atoms with Crippen LogP contribution in [0.2, 0.25) is 0 Å². The first-order chi connectivity index (χ1) is 8.09. The van der Waals surface area contributed by atoms with E-state index in [0.29, 0.717) is 5.92 Å². The second-order valence-corrected chi connectivity index (χ2v) is 7.24. The Kier molecular flexibility index (Phi) is 4.65. The molecule has 2 N–H and O–H groups in total. The van der Waals surface area contributed by atoms with Crippen LogP contribution in [0, 0.1) is 11.3 Å². The Balaban J connectivity index is 2.64. The highest BCUT2D eigenvalue weighted by atomic mass is 16.6. The van der Waals surface area contributed by atoms with Gasteiger partial charge in [0, 0.05) is 6.04 Å². The number of alkyl carbamates (subject to hydrolysis) is 1. The van der Waals surface area contributed by atoms with E-state index in [1.165, 1.54) is 0 Å². The second-order valence-electron chi connectivity index (χ2n) is 7.24. The minimum Gasteiger partial charge on any atom is -0.444 e. The van der Waals surface area contributed by atoms with Gasteiger partial charge in [0.05, 0.1) is 0 Å². The number of rotatable bonds is 2. The highest BCUT2D eigenvalue weighted by molar-refractivity contribution is 5.68. The Hall–Kier alpha value is -0.770. The van der Waals surface area contributed by atoms with Gasteiger partial charge in [0.1, 0.15) is 5.60 Å². The molecule has 0 spiro atoms. The second kappa shape index (κ2) is 5.47. The molecule has 1 saturated heterocycles. The Morgan fingerprint density at radius 2 is 1.89 bits per heavy atom. The number of carbonyl (C=O) groups excluding carboxylic acids is 1. The summed E-state index contributed by atoms with van der Waals surface area (Å²) in [5, 5.41) is 6.41. The van der Waals surface area contributed by atoms with Crippen LogP contribution >= 0.6 is 0 Å². The lowest BCUT2D eigenvalue weighted by Crippen LogP contribution is -2.50. The van der Waals surface area contributed by atoms with Gasteiger partial charge in [-0.1, -0.05) is 20.8 Å². The van der Waals surface area contributed by atoms with Crippen LogP contribution in [0.3, 0.4) is 0 Å². The number of amides is 1. The predicted octanol–water partition coefficient (Wildman–Crippen LogP) is 2.54. The lowest BCUT2D eigenvalue weighted by atomic mass is 9.78. The zero-order valence-corrected chi connectivity index (χ0v) is 12.6. The van der Waals surface area contributed by atoms with Crippen LogP contribution in [-0.2, 0) is 4.74 Å². The molecule has 0 aromatic rings. The van der Waals surface area contributed by atoms with Gasteiger partial charge in [-0.15, -0.1) is 0 Å². The van der Waals surface area contributed by atoms with Crippen LogP contribution in [-0.4, -0.2) is 30.8 Å². The first kappa shape index (κ1) is 15.3. The summed E-state index contributed by atoms with van der Waals surface area (Å²) >= 11 is 0. The minimum absolute atomic E-state index is 0.0353. The average molecular weight is 256 g/mol. The van der Waals surface area contributed by atoms with Crippen molar-refractivity contribution < 1.29 is 9.53 Å². The van der Waals surface area contributed by atoms with Gasteiger partial charge < -0.3 is 15.4 Å². The summed E-state index contributed by atoms with van der Waals surface area (Å²) in [6, 6.07) is 0.141. The molecule has 1 heterocycles. The van der Waals surface area contributed by atoms with Crippen LogP contribution in [0.1, 0.15) is 48.0 Å². The molecule has 2 atom stereocenters. The van der Waals surface area contributed by atoms with Crippen LogP contribution < -0.4 is 10.6 Å². The van der Waals surface area contributed by atoms with Crippen molar-refractivity contribution in [2.24, 2.45) is 11.3 Å². The molecule has 0 radical (unpaired) electrons. The molecule has 1 aliphatic rings. The van der Waals surface area contributed by atoms with Gasteiger partial charge in [-0.3, -0.25) is 0 Å². The molecule has 2 unspecified atom stereocenters. The third kappa shape index (κ3) is 4.84. The summed E-state index contributed by atoms with van der Waals surface area (Å²) in [5.74, 6) is 0.484. The van der Waals surface area contributed by atoms with E-state index in [0.717, 1.165) is 19.5 Å². The van der Waals surface area contributed by atoms with Gasteiger partial charge in [0.25, 0.3) is 0 Å². The van der Waals surface area contributed by atoms with Crippen LogP contribution in [0.15, 0.2) is 0 Å². The van der Waals surface area contributed by atoms with E-state index in [-0.39, 0.29) is 17.6 Å². The molecule has 0 aliphatic carbocycles. The number of nitrogens with one attached hydrogen (secondary N) is 2. The van der Waals surface area contributed by atoms with Gasteiger partial charge in [-0.05, 0) is 51.6 Å². The molecular weight excluding hydrogens is 228 g/mol. The van der Waals surface area contributed by atoms with E-state index in [9.17, 15) is 4.79 Å². The summed E-state index contributed by atoms with van der Waals surface area (Å²) in [5.41, 5.74) is -0.409. The Morgan fingerprint density at radius 1 is 1.28 bits per heavy atom. The fourth-order valence-electron chi connectivity index (χ4n) is 2.44. The highest BCUT2D eigenvalue weighted by Gasteiger charge is 2.35. The number of hydrogen-bond donors (Lipinski definition) is 2. The van der Waals surface area contributed by atoms with Gasteiger partial charge in [0.2, 0.25) is 0 Å². The molecule has 4 heteroatoms. The third-order valence-corrected chi connectivity index (χ3v) is 3.18. The molecule has 1 fully saturated rings. The molecule has 18 heavy (non-hydrogen) atoms. The molecular formula is C14H28N2O2. The molecule has 106 valence electrons. The molecule has 0 bridgehead atoms. The lowest BCUT2D eigenvalue weighted by molar-refractivity contribution is 0.0430. The van der Waals surface area contributed by atoms with E-state index >= 15 is 0 Å². The fourth-order valence-corrected chi connectivity index (χ4v) is 2.44.